The molecule has 1 aliphatic rings. The van der Waals surface area contributed by atoms with Crippen molar-refractivity contribution in [2.24, 2.45) is 0 Å². The van der Waals surface area contributed by atoms with Crippen molar-refractivity contribution < 1.29 is 13.2 Å². The highest BCUT2D eigenvalue weighted by atomic mass is 35.5. The van der Waals surface area contributed by atoms with Gasteiger partial charge in [0.15, 0.2) is 0 Å². The second-order valence-corrected chi connectivity index (χ2v) is 8.90. The van der Waals surface area contributed by atoms with Crippen LogP contribution in [0, 0.1) is 0 Å². The third-order valence-electron chi connectivity index (χ3n) is 3.12. The molecule has 1 aromatic carbocycles. The second kappa shape index (κ2) is 5.40. The molecule has 4 nitrogen and oxygen atoms in total. The number of carbonyl (C=O) groups excluding carboxylic acids is 1. The average molecular weight is 360 g/mol. The second-order valence-electron chi connectivity index (χ2n) is 4.42. The van der Waals surface area contributed by atoms with Gasteiger partial charge in [-0.2, -0.15) is 4.31 Å². The van der Waals surface area contributed by atoms with Gasteiger partial charge < -0.3 is 0 Å². The summed E-state index contributed by atoms with van der Waals surface area (Å²) in [6, 6.07) is 8.06. The van der Waals surface area contributed by atoms with Gasteiger partial charge in [0, 0.05) is 17.0 Å². The van der Waals surface area contributed by atoms with Crippen LogP contribution in [0.15, 0.2) is 45.5 Å². The zero-order valence-electron chi connectivity index (χ0n) is 10.8. The lowest BCUT2D eigenvalue weighted by molar-refractivity contribution is 0.0959. The topological polar surface area (TPSA) is 54.5 Å². The molecule has 2 aromatic rings. The number of fused-ring (bicyclic) bond motifs is 1. The maximum absolute atomic E-state index is 12.5. The number of rotatable bonds is 2. The monoisotopic (exact) mass is 359 g/mol. The zero-order chi connectivity index (χ0) is 15.2. The van der Waals surface area contributed by atoms with Crippen molar-refractivity contribution in [2.75, 3.05) is 7.05 Å². The van der Waals surface area contributed by atoms with Crippen LogP contribution in [0.2, 0.25) is 5.02 Å². The van der Waals surface area contributed by atoms with E-state index in [0.29, 0.717) is 14.8 Å². The molecule has 1 atom stereocenters. The summed E-state index contributed by atoms with van der Waals surface area (Å²) < 4.78 is 26.2. The number of benzene rings is 1. The molecule has 3 rings (SSSR count). The maximum atomic E-state index is 12.5. The third-order valence-corrected chi connectivity index (χ3v) is 7.73. The van der Waals surface area contributed by atoms with Gasteiger partial charge >= 0.3 is 0 Å². The summed E-state index contributed by atoms with van der Waals surface area (Å²) in [6.07, 6.45) is 0. The first-order valence-corrected chi connectivity index (χ1v) is 9.51. The first kappa shape index (κ1) is 15.1. The average Bonchev–Trinajstić information content (AvgIpc) is 2.96. The van der Waals surface area contributed by atoms with E-state index >= 15 is 0 Å². The molecule has 2 heterocycles. The number of thiophene rings is 1. The van der Waals surface area contributed by atoms with Crippen molar-refractivity contribution in [1.82, 2.24) is 4.31 Å². The van der Waals surface area contributed by atoms with Crippen LogP contribution in [-0.4, -0.2) is 30.9 Å². The van der Waals surface area contributed by atoms with Crippen molar-refractivity contribution >= 4 is 50.5 Å². The van der Waals surface area contributed by atoms with Crippen molar-refractivity contribution in [3.05, 3.63) is 45.6 Å². The van der Waals surface area contributed by atoms with E-state index in [-0.39, 0.29) is 10.7 Å². The maximum Gasteiger partial charge on any atom is 0.245 e. The number of Topliss-reactive ketones (excluding diaryl/α,β-unsaturated/α-hetero) is 1. The predicted octanol–water partition coefficient (Wildman–Crippen LogP) is 3.34. The van der Waals surface area contributed by atoms with Gasteiger partial charge in [-0.15, -0.1) is 11.3 Å². The lowest BCUT2D eigenvalue weighted by atomic mass is 10.3. The van der Waals surface area contributed by atoms with E-state index < -0.39 is 15.4 Å². The Morgan fingerprint density at radius 1 is 1.33 bits per heavy atom. The van der Waals surface area contributed by atoms with Crippen LogP contribution in [0.4, 0.5) is 0 Å². The van der Waals surface area contributed by atoms with Crippen LogP contribution >= 0.6 is 34.7 Å². The first-order chi connectivity index (χ1) is 9.91. The summed E-state index contributed by atoms with van der Waals surface area (Å²) in [5, 5.41) is 1.43. The van der Waals surface area contributed by atoms with E-state index in [0.717, 1.165) is 4.31 Å². The van der Waals surface area contributed by atoms with Crippen molar-refractivity contribution in [2.45, 2.75) is 15.2 Å². The Balaban J connectivity index is 2.08. The number of nitrogens with zero attached hydrogens (tertiary/aromatic N) is 1. The highest BCUT2D eigenvalue weighted by Crippen LogP contribution is 2.41. The van der Waals surface area contributed by atoms with Gasteiger partial charge in [-0.3, -0.25) is 4.79 Å². The molecule has 1 aromatic heterocycles. The van der Waals surface area contributed by atoms with E-state index in [1.165, 1.54) is 42.3 Å². The zero-order valence-corrected chi connectivity index (χ0v) is 14.0. The van der Waals surface area contributed by atoms with Crippen LogP contribution in [0.1, 0.15) is 9.67 Å². The molecule has 0 aliphatic carbocycles. The number of sulfonamides is 1. The largest absolute Gasteiger partial charge is 0.290 e. The van der Waals surface area contributed by atoms with Crippen molar-refractivity contribution in [1.29, 1.82) is 0 Å². The lowest BCUT2D eigenvalue weighted by Gasteiger charge is -2.31. The minimum Gasteiger partial charge on any atom is -0.290 e. The van der Waals surface area contributed by atoms with Gasteiger partial charge in [0.2, 0.25) is 15.8 Å². The highest BCUT2D eigenvalue weighted by Gasteiger charge is 2.40. The number of halogens is 1. The Labute approximate surface area is 135 Å². The van der Waals surface area contributed by atoms with Crippen LogP contribution in [0.25, 0.3) is 0 Å². The van der Waals surface area contributed by atoms with Gasteiger partial charge in [-0.25, -0.2) is 8.42 Å². The summed E-state index contributed by atoms with van der Waals surface area (Å²) in [5.41, 5.74) is 0. The molecular weight excluding hydrogens is 350 g/mol. The van der Waals surface area contributed by atoms with Crippen molar-refractivity contribution in [3.8, 4) is 0 Å². The number of thioether (sulfide) groups is 1. The fourth-order valence-electron chi connectivity index (χ4n) is 2.02. The number of ketones is 1. The van der Waals surface area contributed by atoms with E-state index in [1.807, 2.05) is 0 Å². The van der Waals surface area contributed by atoms with Crippen LogP contribution in [-0.2, 0) is 10.0 Å². The third kappa shape index (κ3) is 2.53. The molecule has 1 unspecified atom stereocenters. The number of hydrogen-bond acceptors (Lipinski definition) is 5. The molecular formula is C13H10ClNO3S3. The molecule has 0 spiro atoms. The van der Waals surface area contributed by atoms with Gasteiger partial charge in [-0.05, 0) is 29.6 Å². The Kier molecular flexibility index (Phi) is 3.87. The Morgan fingerprint density at radius 2 is 2.10 bits per heavy atom. The van der Waals surface area contributed by atoms with Gasteiger partial charge in [0.1, 0.15) is 5.37 Å². The normalized spacial score (nSPS) is 21.0. The highest BCUT2D eigenvalue weighted by molar-refractivity contribution is 8.03. The number of likely N-dealkylation sites (N-methyl/N-ethyl adjacent to an activating group) is 1. The fourth-order valence-corrected chi connectivity index (χ4v) is 6.16. The summed E-state index contributed by atoms with van der Waals surface area (Å²) in [4.78, 5) is 13.7. The molecule has 0 bridgehead atoms. The number of carbonyl (C=O) groups is 1. The van der Waals surface area contributed by atoms with E-state index in [2.05, 4.69) is 0 Å². The molecule has 110 valence electrons. The number of hydrogen-bond donors (Lipinski definition) is 0. The summed E-state index contributed by atoms with van der Waals surface area (Å²) in [6.45, 7) is 0. The van der Waals surface area contributed by atoms with Gasteiger partial charge in [-0.1, -0.05) is 29.4 Å². The Hall–Kier alpha value is -0.860. The molecule has 0 saturated heterocycles. The molecule has 0 N–H and O–H groups in total. The standard InChI is InChI=1S/C13H10ClNO3S3/c1-15-13(12(16)9-3-2-6-19-9)20-10-7-8(14)4-5-11(10)21(15,17)18/h2-7,13H,1H3. The molecule has 1 aliphatic heterocycles. The lowest BCUT2D eigenvalue weighted by Crippen LogP contribution is -2.42. The molecule has 8 heteroatoms. The van der Waals surface area contributed by atoms with E-state index in [9.17, 15) is 13.2 Å². The van der Waals surface area contributed by atoms with Crippen LogP contribution in [0.5, 0.6) is 0 Å². The smallest absolute Gasteiger partial charge is 0.245 e. The predicted molar refractivity (Wildman–Crippen MR) is 84.7 cm³/mol. The molecule has 0 saturated carbocycles. The van der Waals surface area contributed by atoms with Crippen molar-refractivity contribution in [3.63, 3.8) is 0 Å². The Bertz CT molecular complexity index is 802. The SMILES string of the molecule is CN1C(C(=O)c2cccs2)Sc2cc(Cl)ccc2S1(=O)=O. The summed E-state index contributed by atoms with van der Waals surface area (Å²) >= 11 is 8.44. The molecule has 21 heavy (non-hydrogen) atoms. The van der Waals surface area contributed by atoms with Crippen LogP contribution in [0.3, 0.4) is 0 Å². The molecule has 0 fully saturated rings. The molecule has 0 amide bonds. The minimum atomic E-state index is -3.69. The van der Waals surface area contributed by atoms with Crippen LogP contribution < -0.4 is 0 Å². The fraction of sp³-hybridized carbons (Fsp3) is 0.154. The molecule has 0 radical (unpaired) electrons. The first-order valence-electron chi connectivity index (χ1n) is 5.93. The summed E-state index contributed by atoms with van der Waals surface area (Å²) in [5.74, 6) is -0.216. The summed E-state index contributed by atoms with van der Waals surface area (Å²) in [7, 11) is -2.26. The Morgan fingerprint density at radius 3 is 2.76 bits per heavy atom. The van der Waals surface area contributed by atoms with E-state index in [4.69, 9.17) is 11.6 Å². The van der Waals surface area contributed by atoms with E-state index in [1.54, 1.807) is 23.6 Å². The quantitative estimate of drug-likeness (QED) is 0.772. The minimum absolute atomic E-state index is 0.189. The van der Waals surface area contributed by atoms with Gasteiger partial charge in [0.05, 0.1) is 9.77 Å². The van der Waals surface area contributed by atoms with Gasteiger partial charge in [0.25, 0.3) is 0 Å².